The molecule has 0 aliphatic heterocycles. The van der Waals surface area contributed by atoms with Crippen LogP contribution in [-0.4, -0.2) is 26.2 Å². The predicted octanol–water partition coefficient (Wildman–Crippen LogP) is 0.0213. The first-order valence-electron chi connectivity index (χ1n) is 3.63. The van der Waals surface area contributed by atoms with Crippen molar-refractivity contribution >= 4 is 12.1 Å². The molecule has 0 amide bonds. The highest BCUT2D eigenvalue weighted by Crippen LogP contribution is 2.03. The van der Waals surface area contributed by atoms with Crippen molar-refractivity contribution < 1.29 is 9.72 Å². The highest BCUT2D eigenvalue weighted by atomic mass is 16.6. The van der Waals surface area contributed by atoms with Gasteiger partial charge in [0.25, 0.3) is 0 Å². The van der Waals surface area contributed by atoms with Gasteiger partial charge in [-0.25, -0.2) is 0 Å². The topological polar surface area (TPSA) is 90.9 Å². The lowest BCUT2D eigenvalue weighted by atomic mass is 10.2. The Hall–Kier alpha value is -1.79. The van der Waals surface area contributed by atoms with Gasteiger partial charge in [-0.1, -0.05) is 11.7 Å². The summed E-state index contributed by atoms with van der Waals surface area (Å²) in [6.07, 6.45) is 1.80. The molecule has 0 radical (unpaired) electrons. The van der Waals surface area contributed by atoms with Gasteiger partial charge in [0.1, 0.15) is 6.29 Å². The van der Waals surface area contributed by atoms with Crippen molar-refractivity contribution in [2.75, 3.05) is 0 Å². The van der Waals surface area contributed by atoms with Crippen molar-refractivity contribution in [3.8, 4) is 0 Å². The first kappa shape index (κ1) is 9.30. The van der Waals surface area contributed by atoms with E-state index >= 15 is 0 Å². The van der Waals surface area contributed by atoms with Crippen molar-refractivity contribution in [2.45, 2.75) is 13.5 Å². The molecule has 1 aromatic rings. The van der Waals surface area contributed by atoms with Crippen LogP contribution in [0.25, 0.3) is 0 Å². The van der Waals surface area contributed by atoms with Crippen LogP contribution in [0.4, 0.5) is 5.82 Å². The Labute approximate surface area is 73.5 Å². The second kappa shape index (κ2) is 3.74. The third kappa shape index (κ3) is 2.32. The summed E-state index contributed by atoms with van der Waals surface area (Å²) in [6.45, 7) is 1.94. The number of nitrogens with zero attached hydrogens (tertiary/aromatic N) is 4. The number of rotatable bonds is 4. The first-order valence-corrected chi connectivity index (χ1v) is 3.63. The second-order valence-electron chi connectivity index (χ2n) is 2.63. The Morgan fingerprint density at radius 3 is 3.00 bits per heavy atom. The molecule has 0 aliphatic rings. The summed E-state index contributed by atoms with van der Waals surface area (Å²) in [5.74, 6) is -0.551. The number of hydrogen-bond donors (Lipinski definition) is 0. The van der Waals surface area contributed by atoms with Crippen LogP contribution in [0.5, 0.6) is 0 Å². The molecule has 1 unspecified atom stereocenters. The Bertz CT molecular complexity index is 321. The van der Waals surface area contributed by atoms with Crippen LogP contribution in [0.1, 0.15) is 6.92 Å². The van der Waals surface area contributed by atoms with Gasteiger partial charge < -0.3 is 14.9 Å². The number of carbonyl (C=O) groups is 1. The molecule has 1 heterocycles. The van der Waals surface area contributed by atoms with Crippen molar-refractivity contribution in [2.24, 2.45) is 5.92 Å². The monoisotopic (exact) mass is 184 g/mol. The molecule has 1 atom stereocenters. The molecule has 7 nitrogen and oxygen atoms in total. The summed E-state index contributed by atoms with van der Waals surface area (Å²) in [7, 11) is 0. The van der Waals surface area contributed by atoms with E-state index < -0.39 is 4.92 Å². The molecule has 0 aromatic carbocycles. The Morgan fingerprint density at radius 2 is 2.54 bits per heavy atom. The van der Waals surface area contributed by atoms with E-state index in [1.54, 1.807) is 6.92 Å². The van der Waals surface area contributed by atoms with Gasteiger partial charge >= 0.3 is 5.82 Å². The molecule has 1 aromatic heterocycles. The van der Waals surface area contributed by atoms with Gasteiger partial charge in [0.05, 0.1) is 11.6 Å². The van der Waals surface area contributed by atoms with Crippen molar-refractivity contribution in [3.05, 3.63) is 16.3 Å². The maximum Gasteiger partial charge on any atom is 0.410 e. The van der Waals surface area contributed by atoms with Crippen LogP contribution in [0, 0.1) is 16.0 Å². The molecule has 0 spiro atoms. The van der Waals surface area contributed by atoms with Gasteiger partial charge in [0, 0.05) is 5.92 Å². The minimum absolute atomic E-state index is 0.244. The number of carbonyl (C=O) groups excluding carboxylic acids is 1. The van der Waals surface area contributed by atoms with E-state index in [1.807, 2.05) is 0 Å². The number of aldehydes is 1. The van der Waals surface area contributed by atoms with Gasteiger partial charge in [0.15, 0.2) is 6.20 Å². The third-order valence-electron chi connectivity index (χ3n) is 1.40. The Balaban J connectivity index is 2.69. The minimum atomic E-state index is -0.630. The zero-order valence-corrected chi connectivity index (χ0v) is 6.95. The molecular formula is C6H8N4O3. The fourth-order valence-corrected chi connectivity index (χ4v) is 0.760. The van der Waals surface area contributed by atoms with E-state index in [4.69, 9.17) is 0 Å². The zero-order chi connectivity index (χ0) is 9.84. The molecule has 7 heteroatoms. The molecule has 0 saturated heterocycles. The summed E-state index contributed by atoms with van der Waals surface area (Å²) >= 11 is 0. The Kier molecular flexibility index (Phi) is 2.68. The van der Waals surface area contributed by atoms with Crippen LogP contribution < -0.4 is 0 Å². The summed E-state index contributed by atoms with van der Waals surface area (Å²) in [5, 5.41) is 17.4. The smallest absolute Gasteiger partial charge is 0.358 e. The van der Waals surface area contributed by atoms with E-state index in [0.29, 0.717) is 0 Å². The molecule has 0 bridgehead atoms. The fraction of sp³-hybridized carbons (Fsp3) is 0.500. The average Bonchev–Trinajstić information content (AvgIpc) is 2.52. The maximum atomic E-state index is 10.2. The third-order valence-corrected chi connectivity index (χ3v) is 1.40. The lowest BCUT2D eigenvalue weighted by molar-refractivity contribution is -0.389. The zero-order valence-electron chi connectivity index (χ0n) is 6.95. The van der Waals surface area contributed by atoms with E-state index in [2.05, 4.69) is 10.2 Å². The largest absolute Gasteiger partial charge is 0.410 e. The standard InChI is InChI=1S/C6H8N4O3/c1-5(4-11)3-9-7-2-6(8-9)10(12)13/h2,4-5H,3H2,1H3. The van der Waals surface area contributed by atoms with Gasteiger partial charge in [-0.3, -0.25) is 0 Å². The number of aromatic nitrogens is 3. The second-order valence-corrected chi connectivity index (χ2v) is 2.63. The van der Waals surface area contributed by atoms with E-state index in [0.717, 1.165) is 17.3 Å². The molecule has 0 N–H and O–H groups in total. The molecule has 0 saturated carbocycles. The van der Waals surface area contributed by atoms with E-state index in [9.17, 15) is 14.9 Å². The van der Waals surface area contributed by atoms with Gasteiger partial charge in [-0.2, -0.15) is 0 Å². The lowest BCUT2D eigenvalue weighted by Crippen LogP contribution is -2.11. The Morgan fingerprint density at radius 1 is 1.85 bits per heavy atom. The summed E-state index contributed by atoms with van der Waals surface area (Å²) in [5.41, 5.74) is 0. The predicted molar refractivity (Wildman–Crippen MR) is 41.9 cm³/mol. The minimum Gasteiger partial charge on any atom is -0.358 e. The summed E-state index contributed by atoms with van der Waals surface area (Å²) in [4.78, 5) is 20.9. The highest BCUT2D eigenvalue weighted by Gasteiger charge is 2.13. The summed E-state index contributed by atoms with van der Waals surface area (Å²) < 4.78 is 0. The van der Waals surface area contributed by atoms with Crippen molar-refractivity contribution in [1.29, 1.82) is 0 Å². The highest BCUT2D eigenvalue weighted by molar-refractivity contribution is 5.52. The fourth-order valence-electron chi connectivity index (χ4n) is 0.760. The van der Waals surface area contributed by atoms with Crippen molar-refractivity contribution in [3.63, 3.8) is 0 Å². The van der Waals surface area contributed by atoms with Crippen LogP contribution in [0.15, 0.2) is 6.20 Å². The van der Waals surface area contributed by atoms with Crippen LogP contribution in [0.3, 0.4) is 0 Å². The SMILES string of the molecule is CC(C=O)Cn1ncc([N+](=O)[O-])n1. The van der Waals surface area contributed by atoms with Gasteiger partial charge in [-0.05, 0) is 4.92 Å². The first-order chi connectivity index (χ1) is 6.13. The van der Waals surface area contributed by atoms with Gasteiger partial charge in [-0.15, -0.1) is 5.10 Å². The van der Waals surface area contributed by atoms with Crippen LogP contribution in [-0.2, 0) is 11.3 Å². The van der Waals surface area contributed by atoms with Gasteiger partial charge in [0.2, 0.25) is 0 Å². The molecule has 13 heavy (non-hydrogen) atoms. The quantitative estimate of drug-likeness (QED) is 0.373. The van der Waals surface area contributed by atoms with E-state index in [-0.39, 0.29) is 18.3 Å². The normalized spacial score (nSPS) is 12.4. The molecule has 0 aliphatic carbocycles. The van der Waals surface area contributed by atoms with Crippen LogP contribution >= 0.6 is 0 Å². The molecule has 0 fully saturated rings. The lowest BCUT2D eigenvalue weighted by Gasteiger charge is -1.96. The van der Waals surface area contributed by atoms with E-state index in [1.165, 1.54) is 0 Å². The molecule has 1 rings (SSSR count). The number of nitro groups is 1. The van der Waals surface area contributed by atoms with Crippen LogP contribution in [0.2, 0.25) is 0 Å². The maximum absolute atomic E-state index is 10.2. The molecule has 70 valence electrons. The summed E-state index contributed by atoms with van der Waals surface area (Å²) in [6, 6.07) is 0. The molecular weight excluding hydrogens is 176 g/mol. The van der Waals surface area contributed by atoms with Crippen molar-refractivity contribution in [1.82, 2.24) is 15.0 Å². The average molecular weight is 184 g/mol. The number of hydrogen-bond acceptors (Lipinski definition) is 5.